The summed E-state index contributed by atoms with van der Waals surface area (Å²) in [5.74, 6) is 0.572. The maximum absolute atomic E-state index is 13.9. The number of aliphatic hydroxyl groups excluding tert-OH is 1. The molecule has 5 heteroatoms. The van der Waals surface area contributed by atoms with E-state index in [1.807, 2.05) is 0 Å². The lowest BCUT2D eigenvalue weighted by atomic mass is 10.0. The maximum Gasteiger partial charge on any atom is 0.161 e. The van der Waals surface area contributed by atoms with Crippen LogP contribution in [0.3, 0.4) is 0 Å². The van der Waals surface area contributed by atoms with Crippen LogP contribution in [0.2, 0.25) is 0 Å². The third-order valence-corrected chi connectivity index (χ3v) is 3.47. The van der Waals surface area contributed by atoms with Gasteiger partial charge in [-0.15, -0.1) is 0 Å². The van der Waals surface area contributed by atoms with Crippen molar-refractivity contribution in [2.45, 2.75) is 6.10 Å². The van der Waals surface area contributed by atoms with Gasteiger partial charge in [0, 0.05) is 10.0 Å². The Morgan fingerprint density at radius 3 is 2.35 bits per heavy atom. The van der Waals surface area contributed by atoms with E-state index in [-0.39, 0.29) is 5.56 Å². The molecule has 0 aromatic heterocycles. The summed E-state index contributed by atoms with van der Waals surface area (Å²) in [6.45, 7) is 0. The molecule has 0 spiro atoms. The second-order valence-electron chi connectivity index (χ2n) is 4.18. The zero-order valence-electron chi connectivity index (χ0n) is 11.1. The molecule has 0 saturated carbocycles. The fourth-order valence-corrected chi connectivity index (χ4v) is 2.26. The smallest absolute Gasteiger partial charge is 0.161 e. The van der Waals surface area contributed by atoms with Crippen molar-refractivity contribution in [1.82, 2.24) is 0 Å². The van der Waals surface area contributed by atoms with Crippen molar-refractivity contribution in [2.24, 2.45) is 0 Å². The predicted octanol–water partition coefficient (Wildman–Crippen LogP) is 3.69. The summed E-state index contributed by atoms with van der Waals surface area (Å²) in [6.07, 6.45) is -1.07. The summed E-state index contributed by atoms with van der Waals surface area (Å²) in [5.41, 5.74) is 0.740. The highest BCUT2D eigenvalue weighted by molar-refractivity contribution is 9.10. The molecule has 0 amide bonds. The zero-order chi connectivity index (χ0) is 14.7. The zero-order valence-corrected chi connectivity index (χ0v) is 12.6. The highest BCUT2D eigenvalue weighted by Gasteiger charge is 2.17. The molecule has 20 heavy (non-hydrogen) atoms. The van der Waals surface area contributed by atoms with E-state index in [0.29, 0.717) is 21.5 Å². The van der Waals surface area contributed by atoms with Crippen LogP contribution in [0.15, 0.2) is 40.9 Å². The van der Waals surface area contributed by atoms with Crippen molar-refractivity contribution in [3.05, 3.63) is 57.8 Å². The lowest BCUT2D eigenvalue weighted by Gasteiger charge is -2.15. The first-order chi connectivity index (χ1) is 9.56. The summed E-state index contributed by atoms with van der Waals surface area (Å²) < 4.78 is 24.8. The molecule has 0 fully saturated rings. The molecule has 1 N–H and O–H groups in total. The Morgan fingerprint density at radius 2 is 1.75 bits per heavy atom. The number of halogens is 2. The van der Waals surface area contributed by atoms with E-state index in [2.05, 4.69) is 15.9 Å². The standard InChI is InChI=1S/C15H14BrFO3/c1-19-13-6-3-9(7-14(13)20-2)15(18)11-5-4-10(16)8-12(11)17/h3-8,15,18H,1-2H3. The van der Waals surface area contributed by atoms with Gasteiger partial charge in [0.2, 0.25) is 0 Å². The first kappa shape index (κ1) is 14.8. The van der Waals surface area contributed by atoms with Crippen LogP contribution >= 0.6 is 15.9 Å². The normalized spacial score (nSPS) is 12.1. The Kier molecular flexibility index (Phi) is 4.62. The van der Waals surface area contributed by atoms with Gasteiger partial charge in [-0.1, -0.05) is 28.1 Å². The van der Waals surface area contributed by atoms with Crippen molar-refractivity contribution in [3.8, 4) is 11.5 Å². The second kappa shape index (κ2) is 6.24. The fraction of sp³-hybridized carbons (Fsp3) is 0.200. The summed E-state index contributed by atoms with van der Waals surface area (Å²) in [6, 6.07) is 9.52. The van der Waals surface area contributed by atoms with Crippen molar-refractivity contribution in [3.63, 3.8) is 0 Å². The van der Waals surface area contributed by atoms with Crippen LogP contribution in [-0.4, -0.2) is 19.3 Å². The minimum atomic E-state index is -1.07. The van der Waals surface area contributed by atoms with Crippen LogP contribution in [0.4, 0.5) is 4.39 Å². The third-order valence-electron chi connectivity index (χ3n) is 2.98. The molecular formula is C15H14BrFO3. The van der Waals surface area contributed by atoms with Gasteiger partial charge < -0.3 is 14.6 Å². The summed E-state index contributed by atoms with van der Waals surface area (Å²) >= 11 is 3.19. The quantitative estimate of drug-likeness (QED) is 0.922. The van der Waals surface area contributed by atoms with Gasteiger partial charge in [0.25, 0.3) is 0 Å². The fourth-order valence-electron chi connectivity index (χ4n) is 1.93. The Balaban J connectivity index is 2.40. The molecule has 0 aliphatic heterocycles. The SMILES string of the molecule is COc1ccc(C(O)c2ccc(Br)cc2F)cc1OC. The summed E-state index contributed by atoms with van der Waals surface area (Å²) in [7, 11) is 3.04. The molecule has 2 rings (SSSR count). The van der Waals surface area contributed by atoms with E-state index < -0.39 is 11.9 Å². The molecule has 0 bridgehead atoms. The molecule has 0 saturated heterocycles. The highest BCUT2D eigenvalue weighted by Crippen LogP contribution is 2.33. The number of aliphatic hydroxyl groups is 1. The van der Waals surface area contributed by atoms with Crippen LogP contribution < -0.4 is 9.47 Å². The van der Waals surface area contributed by atoms with Crippen LogP contribution in [-0.2, 0) is 0 Å². The van der Waals surface area contributed by atoms with E-state index >= 15 is 0 Å². The van der Waals surface area contributed by atoms with E-state index in [0.717, 1.165) is 0 Å². The van der Waals surface area contributed by atoms with Gasteiger partial charge in [-0.05, 0) is 29.8 Å². The molecule has 106 valence electrons. The van der Waals surface area contributed by atoms with Crippen LogP contribution in [0.25, 0.3) is 0 Å². The molecule has 0 aliphatic carbocycles. The number of ether oxygens (including phenoxy) is 2. The van der Waals surface area contributed by atoms with Gasteiger partial charge in [0.1, 0.15) is 11.9 Å². The first-order valence-corrected chi connectivity index (χ1v) is 6.71. The van der Waals surface area contributed by atoms with E-state index in [1.165, 1.54) is 20.3 Å². The average Bonchev–Trinajstić information content (AvgIpc) is 2.45. The van der Waals surface area contributed by atoms with Gasteiger partial charge in [-0.25, -0.2) is 4.39 Å². The molecule has 2 aromatic rings. The van der Waals surface area contributed by atoms with E-state index in [1.54, 1.807) is 30.3 Å². The average molecular weight is 341 g/mol. The van der Waals surface area contributed by atoms with Gasteiger partial charge >= 0.3 is 0 Å². The molecule has 3 nitrogen and oxygen atoms in total. The number of methoxy groups -OCH3 is 2. The minimum absolute atomic E-state index is 0.209. The Labute approximate surface area is 125 Å². The maximum atomic E-state index is 13.9. The van der Waals surface area contributed by atoms with Crippen molar-refractivity contribution in [2.75, 3.05) is 14.2 Å². The van der Waals surface area contributed by atoms with Crippen molar-refractivity contribution >= 4 is 15.9 Å². The van der Waals surface area contributed by atoms with Gasteiger partial charge in [0.05, 0.1) is 14.2 Å². The van der Waals surface area contributed by atoms with Crippen molar-refractivity contribution < 1.29 is 19.0 Å². The molecule has 2 aromatic carbocycles. The first-order valence-electron chi connectivity index (χ1n) is 5.91. The molecular weight excluding hydrogens is 327 g/mol. The second-order valence-corrected chi connectivity index (χ2v) is 5.10. The monoisotopic (exact) mass is 340 g/mol. The topological polar surface area (TPSA) is 38.7 Å². The predicted molar refractivity (Wildman–Crippen MR) is 77.7 cm³/mol. The summed E-state index contributed by atoms with van der Waals surface area (Å²) in [5, 5.41) is 10.3. The van der Waals surface area contributed by atoms with Crippen LogP contribution in [0, 0.1) is 5.82 Å². The van der Waals surface area contributed by atoms with Gasteiger partial charge in [0.15, 0.2) is 11.5 Å². The van der Waals surface area contributed by atoms with Gasteiger partial charge in [-0.2, -0.15) is 0 Å². The van der Waals surface area contributed by atoms with Crippen LogP contribution in [0.1, 0.15) is 17.2 Å². The number of rotatable bonds is 4. The molecule has 1 atom stereocenters. The van der Waals surface area contributed by atoms with Crippen LogP contribution in [0.5, 0.6) is 11.5 Å². The third kappa shape index (κ3) is 2.94. The van der Waals surface area contributed by atoms with Gasteiger partial charge in [-0.3, -0.25) is 0 Å². The largest absolute Gasteiger partial charge is 0.493 e. The van der Waals surface area contributed by atoms with E-state index in [9.17, 15) is 9.50 Å². The number of hydrogen-bond acceptors (Lipinski definition) is 3. The molecule has 1 unspecified atom stereocenters. The Morgan fingerprint density at radius 1 is 1.05 bits per heavy atom. The summed E-state index contributed by atoms with van der Waals surface area (Å²) in [4.78, 5) is 0. The van der Waals surface area contributed by atoms with Crippen molar-refractivity contribution in [1.29, 1.82) is 0 Å². The lowest BCUT2D eigenvalue weighted by molar-refractivity contribution is 0.214. The molecule has 0 heterocycles. The Bertz CT molecular complexity index is 616. The minimum Gasteiger partial charge on any atom is -0.493 e. The molecule has 0 aliphatic rings. The lowest BCUT2D eigenvalue weighted by Crippen LogP contribution is -2.03. The Hall–Kier alpha value is -1.59. The van der Waals surface area contributed by atoms with E-state index in [4.69, 9.17) is 9.47 Å². The number of benzene rings is 2. The number of hydrogen-bond donors (Lipinski definition) is 1. The molecule has 0 radical (unpaired) electrons. The highest BCUT2D eigenvalue weighted by atomic mass is 79.9.